The molecule has 4 heteroatoms. The van der Waals surface area contributed by atoms with Gasteiger partial charge in [-0.25, -0.2) is 8.42 Å². The van der Waals surface area contributed by atoms with Crippen molar-refractivity contribution in [3.8, 4) is 0 Å². The van der Waals surface area contributed by atoms with Crippen molar-refractivity contribution in [2.24, 2.45) is 5.41 Å². The molecule has 0 bridgehead atoms. The van der Waals surface area contributed by atoms with Crippen molar-refractivity contribution in [2.45, 2.75) is 40.5 Å². The Morgan fingerprint density at radius 2 is 1.67 bits per heavy atom. The molecule has 0 atom stereocenters. The average molecular weight is 235 g/mol. The molecule has 1 N–H and O–H groups in total. The number of hydrogen-bond donors (Lipinski definition) is 1. The monoisotopic (exact) mass is 235 g/mol. The fraction of sp³-hybridized carbons (Fsp3) is 1.00. The molecule has 0 fully saturated rings. The Bertz CT molecular complexity index is 252. The van der Waals surface area contributed by atoms with Gasteiger partial charge >= 0.3 is 0 Å². The smallest absolute Gasteiger partial charge is 0.151 e. The Labute approximate surface area is 94.6 Å². The van der Waals surface area contributed by atoms with E-state index >= 15 is 0 Å². The molecule has 3 nitrogen and oxygen atoms in total. The average Bonchev–Trinajstić information content (AvgIpc) is 2.00. The summed E-state index contributed by atoms with van der Waals surface area (Å²) in [5.74, 6) is 0.582. The normalized spacial score (nSPS) is 13.1. The summed E-state index contributed by atoms with van der Waals surface area (Å²) < 4.78 is 22.7. The lowest BCUT2D eigenvalue weighted by molar-refractivity contribution is 0.369. The Kier molecular flexibility index (Phi) is 6.44. The van der Waals surface area contributed by atoms with Gasteiger partial charge in [-0.1, -0.05) is 27.7 Å². The molecule has 0 aliphatic rings. The molecule has 0 aliphatic heterocycles. The molecule has 0 aromatic carbocycles. The van der Waals surface area contributed by atoms with Gasteiger partial charge in [-0.05, 0) is 24.8 Å². The summed E-state index contributed by atoms with van der Waals surface area (Å²) in [4.78, 5) is 0. The fourth-order valence-corrected chi connectivity index (χ4v) is 2.51. The van der Waals surface area contributed by atoms with E-state index in [1.165, 1.54) is 0 Å². The van der Waals surface area contributed by atoms with Gasteiger partial charge in [0.2, 0.25) is 0 Å². The third kappa shape index (κ3) is 10.2. The molecule has 0 amide bonds. The number of sulfone groups is 1. The largest absolute Gasteiger partial charge is 0.316 e. The molecule has 0 spiro atoms. The van der Waals surface area contributed by atoms with Crippen molar-refractivity contribution in [1.29, 1.82) is 0 Å². The van der Waals surface area contributed by atoms with E-state index in [-0.39, 0.29) is 5.75 Å². The van der Waals surface area contributed by atoms with E-state index in [1.807, 2.05) is 6.92 Å². The first-order valence-corrected chi connectivity index (χ1v) is 7.50. The first-order chi connectivity index (χ1) is 6.77. The van der Waals surface area contributed by atoms with Crippen LogP contribution in [0.2, 0.25) is 0 Å². The first-order valence-electron chi connectivity index (χ1n) is 5.68. The summed E-state index contributed by atoms with van der Waals surface area (Å²) in [6, 6.07) is 0. The zero-order valence-electron chi connectivity index (χ0n) is 10.5. The highest BCUT2D eigenvalue weighted by molar-refractivity contribution is 7.91. The second kappa shape index (κ2) is 6.48. The van der Waals surface area contributed by atoms with Crippen LogP contribution in [0.4, 0.5) is 0 Å². The lowest BCUT2D eigenvalue weighted by Gasteiger charge is -2.17. The van der Waals surface area contributed by atoms with Crippen molar-refractivity contribution in [2.75, 3.05) is 24.6 Å². The molecule has 0 aromatic rings. The van der Waals surface area contributed by atoms with Crippen LogP contribution in [0.1, 0.15) is 40.5 Å². The van der Waals surface area contributed by atoms with E-state index in [2.05, 4.69) is 26.1 Å². The summed E-state index contributed by atoms with van der Waals surface area (Å²) in [6.45, 7) is 9.92. The Morgan fingerprint density at radius 3 is 2.13 bits per heavy atom. The third-order valence-electron chi connectivity index (χ3n) is 2.16. The van der Waals surface area contributed by atoms with Gasteiger partial charge < -0.3 is 5.32 Å². The van der Waals surface area contributed by atoms with Gasteiger partial charge in [-0.15, -0.1) is 0 Å². The van der Waals surface area contributed by atoms with Gasteiger partial charge in [0.15, 0.2) is 9.84 Å². The van der Waals surface area contributed by atoms with Gasteiger partial charge in [0.25, 0.3) is 0 Å². The first kappa shape index (κ1) is 14.9. The van der Waals surface area contributed by atoms with E-state index in [0.717, 1.165) is 13.0 Å². The SMILES string of the molecule is CCCS(=O)(=O)CCNCCC(C)(C)C. The van der Waals surface area contributed by atoms with Crippen molar-refractivity contribution < 1.29 is 8.42 Å². The third-order valence-corrected chi connectivity index (χ3v) is 4.01. The van der Waals surface area contributed by atoms with Crippen LogP contribution in [0.25, 0.3) is 0 Å². The van der Waals surface area contributed by atoms with E-state index in [0.29, 0.717) is 24.1 Å². The summed E-state index contributed by atoms with van der Waals surface area (Å²) in [5, 5.41) is 3.18. The maximum absolute atomic E-state index is 11.4. The van der Waals surface area contributed by atoms with Crippen molar-refractivity contribution in [3.63, 3.8) is 0 Å². The van der Waals surface area contributed by atoms with Gasteiger partial charge in [-0.3, -0.25) is 0 Å². The molecule has 0 aliphatic carbocycles. The second-order valence-electron chi connectivity index (χ2n) is 5.21. The van der Waals surface area contributed by atoms with Crippen LogP contribution in [0, 0.1) is 5.41 Å². The van der Waals surface area contributed by atoms with E-state index in [1.54, 1.807) is 0 Å². The molecule has 0 rings (SSSR count). The van der Waals surface area contributed by atoms with Gasteiger partial charge in [-0.2, -0.15) is 0 Å². The zero-order valence-corrected chi connectivity index (χ0v) is 11.3. The number of nitrogens with one attached hydrogen (secondary N) is 1. The van der Waals surface area contributed by atoms with Gasteiger partial charge in [0.1, 0.15) is 0 Å². The number of rotatable bonds is 7. The Hall–Kier alpha value is -0.0900. The van der Waals surface area contributed by atoms with Gasteiger partial charge in [0, 0.05) is 12.3 Å². The maximum Gasteiger partial charge on any atom is 0.151 e. The van der Waals surface area contributed by atoms with E-state index < -0.39 is 9.84 Å². The summed E-state index contributed by atoms with van der Waals surface area (Å²) in [5.41, 5.74) is 0.315. The molecule has 0 saturated carbocycles. The standard InChI is InChI=1S/C11H25NO2S/c1-5-9-15(13,14)10-8-12-7-6-11(2,3)4/h12H,5-10H2,1-4H3. The van der Waals surface area contributed by atoms with Crippen LogP contribution in [-0.2, 0) is 9.84 Å². The fourth-order valence-electron chi connectivity index (χ4n) is 1.23. The molecule has 15 heavy (non-hydrogen) atoms. The highest BCUT2D eigenvalue weighted by Gasteiger charge is 2.10. The summed E-state index contributed by atoms with van der Waals surface area (Å²) >= 11 is 0. The minimum absolute atomic E-state index is 0.269. The predicted octanol–water partition coefficient (Wildman–Crippen LogP) is 1.84. The molecular weight excluding hydrogens is 210 g/mol. The van der Waals surface area contributed by atoms with Crippen LogP contribution in [0.5, 0.6) is 0 Å². The molecule has 0 saturated heterocycles. The molecule has 0 heterocycles. The highest BCUT2D eigenvalue weighted by Crippen LogP contribution is 2.16. The summed E-state index contributed by atoms with van der Waals surface area (Å²) in [7, 11) is -2.81. The highest BCUT2D eigenvalue weighted by atomic mass is 32.2. The van der Waals surface area contributed by atoms with Crippen molar-refractivity contribution in [3.05, 3.63) is 0 Å². The van der Waals surface area contributed by atoms with Crippen LogP contribution in [0.3, 0.4) is 0 Å². The quantitative estimate of drug-likeness (QED) is 0.685. The predicted molar refractivity (Wildman–Crippen MR) is 65.9 cm³/mol. The number of hydrogen-bond acceptors (Lipinski definition) is 3. The Balaban J connectivity index is 3.55. The van der Waals surface area contributed by atoms with Crippen LogP contribution in [-0.4, -0.2) is 33.0 Å². The Morgan fingerprint density at radius 1 is 1.07 bits per heavy atom. The molecule has 0 radical (unpaired) electrons. The minimum atomic E-state index is -2.81. The van der Waals surface area contributed by atoms with Crippen LogP contribution < -0.4 is 5.32 Å². The van der Waals surface area contributed by atoms with E-state index in [9.17, 15) is 8.42 Å². The molecule has 0 aromatic heterocycles. The maximum atomic E-state index is 11.4. The van der Waals surface area contributed by atoms with Gasteiger partial charge in [0.05, 0.1) is 5.75 Å². The topological polar surface area (TPSA) is 46.2 Å². The zero-order chi connectivity index (χ0) is 11.9. The minimum Gasteiger partial charge on any atom is -0.316 e. The van der Waals surface area contributed by atoms with Crippen molar-refractivity contribution >= 4 is 9.84 Å². The molecular formula is C11H25NO2S. The molecule has 0 unspecified atom stereocenters. The van der Waals surface area contributed by atoms with E-state index in [4.69, 9.17) is 0 Å². The summed E-state index contributed by atoms with van der Waals surface area (Å²) in [6.07, 6.45) is 1.78. The van der Waals surface area contributed by atoms with Crippen LogP contribution in [0.15, 0.2) is 0 Å². The molecule has 92 valence electrons. The lowest BCUT2D eigenvalue weighted by Crippen LogP contribution is -2.27. The van der Waals surface area contributed by atoms with Crippen LogP contribution >= 0.6 is 0 Å². The second-order valence-corrected chi connectivity index (χ2v) is 7.52. The lowest BCUT2D eigenvalue weighted by atomic mass is 9.92. The van der Waals surface area contributed by atoms with Crippen molar-refractivity contribution in [1.82, 2.24) is 5.32 Å².